The molecule has 1 aliphatic heterocycles. The first-order chi connectivity index (χ1) is 5.99. The van der Waals surface area contributed by atoms with Crippen LogP contribution in [-0.4, -0.2) is 31.0 Å². The summed E-state index contributed by atoms with van der Waals surface area (Å²) in [5.41, 5.74) is -1.18. The Morgan fingerprint density at radius 2 is 1.64 bits per heavy atom. The van der Waals surface area contributed by atoms with Gasteiger partial charge in [0.05, 0.1) is 11.3 Å². The highest BCUT2D eigenvalue weighted by atomic mass is 35.6. The summed E-state index contributed by atoms with van der Waals surface area (Å²) >= 11 is 17.3. The van der Waals surface area contributed by atoms with Gasteiger partial charge < -0.3 is 5.21 Å². The van der Waals surface area contributed by atoms with Crippen LogP contribution in [0.2, 0.25) is 0 Å². The van der Waals surface area contributed by atoms with Crippen LogP contribution in [0.1, 0.15) is 27.7 Å². The van der Waals surface area contributed by atoms with Crippen molar-refractivity contribution in [2.24, 2.45) is 4.99 Å². The second-order valence-electron chi connectivity index (χ2n) is 4.32. The Labute approximate surface area is 98.6 Å². The van der Waals surface area contributed by atoms with Crippen LogP contribution in [0, 0.1) is 0 Å². The van der Waals surface area contributed by atoms with Gasteiger partial charge in [-0.25, -0.2) is 0 Å². The highest BCUT2D eigenvalue weighted by Gasteiger charge is 2.53. The number of halogens is 3. The van der Waals surface area contributed by atoms with Gasteiger partial charge in [0.2, 0.25) is 3.79 Å². The summed E-state index contributed by atoms with van der Waals surface area (Å²) in [6, 6.07) is 0. The minimum atomic E-state index is -1.59. The summed E-state index contributed by atoms with van der Waals surface area (Å²) in [6.07, 6.45) is 0. The van der Waals surface area contributed by atoms with E-state index in [0.717, 1.165) is 5.06 Å². The molecule has 6 heteroatoms. The number of hydrogen-bond acceptors (Lipinski definition) is 3. The average molecular weight is 260 g/mol. The molecule has 0 atom stereocenters. The highest BCUT2D eigenvalue weighted by Crippen LogP contribution is 2.42. The molecule has 0 aromatic carbocycles. The lowest BCUT2D eigenvalue weighted by molar-refractivity contribution is -0.188. The van der Waals surface area contributed by atoms with Gasteiger partial charge in [-0.2, -0.15) is 5.06 Å². The molecule has 3 nitrogen and oxygen atoms in total. The maximum atomic E-state index is 9.86. The van der Waals surface area contributed by atoms with Crippen LogP contribution in [-0.2, 0) is 0 Å². The lowest BCUT2D eigenvalue weighted by Gasteiger charge is -2.34. The van der Waals surface area contributed by atoms with Crippen molar-refractivity contribution in [1.29, 1.82) is 0 Å². The summed E-state index contributed by atoms with van der Waals surface area (Å²) in [4.78, 5) is 4.22. The number of hydroxylamine groups is 2. The SMILES string of the molecule is CC1(C)N=C(C(Cl)(Cl)Cl)C(C)(C)N1O. The predicted molar refractivity (Wildman–Crippen MR) is 59.5 cm³/mol. The Bertz CT molecular complexity index is 281. The molecule has 0 amide bonds. The van der Waals surface area contributed by atoms with Gasteiger partial charge in [-0.15, -0.1) is 0 Å². The van der Waals surface area contributed by atoms with E-state index in [9.17, 15) is 5.21 Å². The minimum Gasteiger partial charge on any atom is -0.311 e. The molecular formula is C8H13Cl3N2O. The fraction of sp³-hybridized carbons (Fsp3) is 0.875. The molecule has 1 aliphatic rings. The Kier molecular flexibility index (Phi) is 2.89. The van der Waals surface area contributed by atoms with Gasteiger partial charge in [0.15, 0.2) is 0 Å². The van der Waals surface area contributed by atoms with Crippen LogP contribution in [0.15, 0.2) is 4.99 Å². The van der Waals surface area contributed by atoms with E-state index in [1.807, 2.05) is 0 Å². The molecule has 82 valence electrons. The first-order valence-electron chi connectivity index (χ1n) is 4.16. The summed E-state index contributed by atoms with van der Waals surface area (Å²) in [5.74, 6) is 0. The zero-order chi connectivity index (χ0) is 11.4. The third kappa shape index (κ3) is 1.89. The molecule has 14 heavy (non-hydrogen) atoms. The summed E-state index contributed by atoms with van der Waals surface area (Å²) < 4.78 is -1.59. The predicted octanol–water partition coefficient (Wildman–Crippen LogP) is 3.02. The zero-order valence-electron chi connectivity index (χ0n) is 8.48. The van der Waals surface area contributed by atoms with Crippen molar-refractivity contribution in [3.05, 3.63) is 0 Å². The van der Waals surface area contributed by atoms with Crippen molar-refractivity contribution in [2.45, 2.75) is 42.7 Å². The highest BCUT2D eigenvalue weighted by molar-refractivity contribution is 6.77. The van der Waals surface area contributed by atoms with Crippen molar-refractivity contribution in [2.75, 3.05) is 0 Å². The molecule has 0 bridgehead atoms. The topological polar surface area (TPSA) is 35.8 Å². The van der Waals surface area contributed by atoms with Crippen molar-refractivity contribution >= 4 is 40.5 Å². The van der Waals surface area contributed by atoms with Crippen molar-refractivity contribution in [1.82, 2.24) is 5.06 Å². The van der Waals surface area contributed by atoms with Gasteiger partial charge in [0.25, 0.3) is 0 Å². The lowest BCUT2D eigenvalue weighted by Crippen LogP contribution is -2.52. The van der Waals surface area contributed by atoms with E-state index in [0.29, 0.717) is 5.71 Å². The smallest absolute Gasteiger partial charge is 0.230 e. The van der Waals surface area contributed by atoms with Crippen LogP contribution in [0.5, 0.6) is 0 Å². The Morgan fingerprint density at radius 1 is 1.21 bits per heavy atom. The number of nitrogens with zero attached hydrogens (tertiary/aromatic N) is 2. The Morgan fingerprint density at radius 3 is 1.79 bits per heavy atom. The summed E-state index contributed by atoms with van der Waals surface area (Å²) in [7, 11) is 0. The molecule has 0 saturated carbocycles. The van der Waals surface area contributed by atoms with Gasteiger partial charge in [-0.3, -0.25) is 4.99 Å². The maximum Gasteiger partial charge on any atom is 0.230 e. The second-order valence-corrected chi connectivity index (χ2v) is 6.60. The van der Waals surface area contributed by atoms with Crippen LogP contribution in [0.25, 0.3) is 0 Å². The van der Waals surface area contributed by atoms with Crippen molar-refractivity contribution in [3.8, 4) is 0 Å². The number of aliphatic imine (C=N–C) groups is 1. The first kappa shape index (κ1) is 12.5. The molecule has 0 radical (unpaired) electrons. The first-order valence-corrected chi connectivity index (χ1v) is 5.30. The molecule has 0 spiro atoms. The van der Waals surface area contributed by atoms with Gasteiger partial charge >= 0.3 is 0 Å². The molecule has 0 saturated heterocycles. The fourth-order valence-corrected chi connectivity index (χ4v) is 2.47. The molecule has 0 aliphatic carbocycles. The third-order valence-electron chi connectivity index (χ3n) is 2.28. The van der Waals surface area contributed by atoms with Crippen LogP contribution in [0.4, 0.5) is 0 Å². The van der Waals surface area contributed by atoms with Crippen molar-refractivity contribution in [3.63, 3.8) is 0 Å². The zero-order valence-corrected chi connectivity index (χ0v) is 10.7. The van der Waals surface area contributed by atoms with Gasteiger partial charge in [0, 0.05) is 0 Å². The van der Waals surface area contributed by atoms with E-state index in [2.05, 4.69) is 4.99 Å². The molecule has 1 rings (SSSR count). The van der Waals surface area contributed by atoms with E-state index in [4.69, 9.17) is 34.8 Å². The minimum absolute atomic E-state index is 0.350. The lowest BCUT2D eigenvalue weighted by atomic mass is 9.99. The van der Waals surface area contributed by atoms with E-state index in [-0.39, 0.29) is 0 Å². The largest absolute Gasteiger partial charge is 0.311 e. The normalized spacial score (nSPS) is 26.4. The molecule has 0 aromatic heterocycles. The molecule has 0 fully saturated rings. The van der Waals surface area contributed by atoms with E-state index in [1.165, 1.54) is 0 Å². The standard InChI is InChI=1S/C8H13Cl3N2O/c1-6(2)5(8(9,10)11)12-7(3,4)13(6)14/h14H,1-4H3. The number of alkyl halides is 3. The molecule has 1 heterocycles. The van der Waals surface area contributed by atoms with E-state index in [1.54, 1.807) is 27.7 Å². The fourth-order valence-electron chi connectivity index (χ4n) is 1.65. The quantitative estimate of drug-likeness (QED) is 0.679. The maximum absolute atomic E-state index is 9.86. The Hall–Kier alpha value is 0.460. The van der Waals surface area contributed by atoms with Gasteiger partial charge in [0.1, 0.15) is 5.66 Å². The summed E-state index contributed by atoms with van der Waals surface area (Å²) in [5, 5.41) is 11.0. The van der Waals surface area contributed by atoms with E-state index < -0.39 is 15.0 Å². The van der Waals surface area contributed by atoms with Crippen molar-refractivity contribution < 1.29 is 5.21 Å². The second kappa shape index (κ2) is 3.22. The number of hydrogen-bond donors (Lipinski definition) is 1. The van der Waals surface area contributed by atoms with Gasteiger partial charge in [-0.1, -0.05) is 34.8 Å². The molecule has 0 aromatic rings. The van der Waals surface area contributed by atoms with Crippen LogP contribution < -0.4 is 0 Å². The van der Waals surface area contributed by atoms with Gasteiger partial charge in [-0.05, 0) is 27.7 Å². The third-order valence-corrected chi connectivity index (χ3v) is 2.82. The van der Waals surface area contributed by atoms with Crippen LogP contribution in [0.3, 0.4) is 0 Å². The molecule has 0 unspecified atom stereocenters. The number of rotatable bonds is 0. The molecular weight excluding hydrogens is 246 g/mol. The average Bonchev–Trinajstić information content (AvgIpc) is 2.10. The monoisotopic (exact) mass is 258 g/mol. The Balaban J connectivity index is 3.20. The van der Waals surface area contributed by atoms with E-state index >= 15 is 0 Å². The van der Waals surface area contributed by atoms with Crippen LogP contribution >= 0.6 is 34.8 Å². The molecule has 1 N–H and O–H groups in total. The summed E-state index contributed by atoms with van der Waals surface area (Å²) in [6.45, 7) is 7.00.